The van der Waals surface area contributed by atoms with Crippen molar-refractivity contribution in [2.45, 2.75) is 25.3 Å². The van der Waals surface area contributed by atoms with E-state index in [0.717, 1.165) is 43.7 Å². The van der Waals surface area contributed by atoms with Gasteiger partial charge in [0, 0.05) is 37.8 Å². The molecule has 5 rings (SSSR count). The Hall–Kier alpha value is -2.96. The normalized spacial score (nSPS) is 28.0. The highest BCUT2D eigenvalue weighted by molar-refractivity contribution is 5.82. The maximum atomic E-state index is 13.3. The molecule has 4 atom stereocenters. The number of hydrogen-bond donors (Lipinski definition) is 0. The van der Waals surface area contributed by atoms with E-state index in [4.69, 9.17) is 4.74 Å². The van der Waals surface area contributed by atoms with Gasteiger partial charge in [-0.25, -0.2) is 9.99 Å². The van der Waals surface area contributed by atoms with E-state index in [2.05, 4.69) is 32.1 Å². The minimum absolute atomic E-state index is 0.0362. The molecule has 7 heteroatoms. The summed E-state index contributed by atoms with van der Waals surface area (Å²) in [4.78, 5) is 24.1. The first-order chi connectivity index (χ1) is 14.2. The molecule has 150 valence electrons. The Morgan fingerprint density at radius 1 is 1.10 bits per heavy atom. The van der Waals surface area contributed by atoms with Crippen molar-refractivity contribution >= 4 is 17.9 Å². The number of fused-ring (bicyclic) bond motifs is 1. The molecule has 29 heavy (non-hydrogen) atoms. The zero-order chi connectivity index (χ0) is 19.8. The van der Waals surface area contributed by atoms with E-state index >= 15 is 0 Å². The van der Waals surface area contributed by atoms with Crippen LogP contribution in [-0.4, -0.2) is 47.3 Å². The van der Waals surface area contributed by atoms with Crippen LogP contribution < -0.4 is 9.64 Å². The third-order valence-corrected chi connectivity index (χ3v) is 6.47. The van der Waals surface area contributed by atoms with Crippen LogP contribution in [0.1, 0.15) is 30.9 Å². The lowest BCUT2D eigenvalue weighted by Crippen LogP contribution is -2.33. The highest BCUT2D eigenvalue weighted by Gasteiger charge is 2.46. The Kier molecular flexibility index (Phi) is 4.66. The number of carbonyl (C=O) groups excluding carboxylic acids is 1. The van der Waals surface area contributed by atoms with Crippen molar-refractivity contribution in [1.29, 1.82) is 0 Å². The highest BCUT2D eigenvalue weighted by atomic mass is 16.5. The monoisotopic (exact) mass is 391 g/mol. The summed E-state index contributed by atoms with van der Waals surface area (Å²) in [6.45, 7) is 1.86. The van der Waals surface area contributed by atoms with Crippen molar-refractivity contribution < 1.29 is 9.53 Å². The topological polar surface area (TPSA) is 70.9 Å². The number of rotatable bonds is 4. The Bertz CT molecular complexity index is 904. The molecule has 0 bridgehead atoms. The molecule has 1 aromatic carbocycles. The highest BCUT2D eigenvalue weighted by Crippen LogP contribution is 2.44. The Morgan fingerprint density at radius 3 is 2.59 bits per heavy atom. The lowest BCUT2D eigenvalue weighted by molar-refractivity contribution is -0.137. The lowest BCUT2D eigenvalue weighted by Gasteiger charge is -2.26. The molecule has 1 amide bonds. The number of nitrogens with zero attached hydrogens (tertiary/aromatic N) is 5. The molecule has 0 radical (unpaired) electrons. The first-order valence-electron chi connectivity index (χ1n) is 10.3. The zero-order valence-corrected chi connectivity index (χ0v) is 16.5. The summed E-state index contributed by atoms with van der Waals surface area (Å²) in [7, 11) is 1.58. The maximum absolute atomic E-state index is 13.3. The van der Waals surface area contributed by atoms with Gasteiger partial charge in [-0.15, -0.1) is 0 Å². The van der Waals surface area contributed by atoms with E-state index in [-0.39, 0.29) is 17.9 Å². The summed E-state index contributed by atoms with van der Waals surface area (Å²) in [6.07, 6.45) is 6.25. The molecule has 7 nitrogen and oxygen atoms in total. The van der Waals surface area contributed by atoms with Crippen LogP contribution in [0.25, 0.3) is 0 Å². The standard InChI is InChI=1S/C22H25N5O2/c1-29-22-23-9-8-20(25-22)26-13-17-11-16(12-18(17)14-26)21(28)27-19(7-10-24-27)15-5-3-2-4-6-15/h2-6,8-10,16-19H,7,11-14H2,1H3/t16?,17-,18+,19-/m1/s1. The second-order valence-corrected chi connectivity index (χ2v) is 8.14. The molecule has 0 spiro atoms. The van der Waals surface area contributed by atoms with Crippen LogP contribution in [0.2, 0.25) is 0 Å². The van der Waals surface area contributed by atoms with Crippen molar-refractivity contribution in [3.63, 3.8) is 0 Å². The number of hydrogen-bond acceptors (Lipinski definition) is 6. The third-order valence-electron chi connectivity index (χ3n) is 6.47. The fourth-order valence-electron chi connectivity index (χ4n) is 5.06. The first kappa shape index (κ1) is 18.1. The third kappa shape index (κ3) is 3.34. The second-order valence-electron chi connectivity index (χ2n) is 8.14. The van der Waals surface area contributed by atoms with Crippen molar-refractivity contribution in [3.8, 4) is 6.01 Å². The van der Waals surface area contributed by atoms with Crippen LogP contribution in [-0.2, 0) is 4.79 Å². The number of benzene rings is 1. The summed E-state index contributed by atoms with van der Waals surface area (Å²) in [5.74, 6) is 2.19. The number of anilines is 1. The van der Waals surface area contributed by atoms with Gasteiger partial charge in [0.25, 0.3) is 0 Å². The molecule has 1 aliphatic carbocycles. The van der Waals surface area contributed by atoms with E-state index in [1.54, 1.807) is 18.3 Å². The SMILES string of the molecule is COc1nccc(N2C[C@H]3CC(C(=O)N4N=CC[C@@H]4c4ccccc4)C[C@H]3C2)n1. The molecular formula is C22H25N5O2. The molecule has 2 aliphatic heterocycles. The smallest absolute Gasteiger partial charge is 0.318 e. The Labute approximate surface area is 170 Å². The minimum Gasteiger partial charge on any atom is -0.467 e. The average Bonchev–Trinajstić information content (AvgIpc) is 3.48. The molecule has 1 saturated heterocycles. The summed E-state index contributed by atoms with van der Waals surface area (Å²) < 4.78 is 5.15. The van der Waals surface area contributed by atoms with Crippen LogP contribution in [0.3, 0.4) is 0 Å². The fourth-order valence-corrected chi connectivity index (χ4v) is 5.06. The Balaban J connectivity index is 1.24. The largest absolute Gasteiger partial charge is 0.467 e. The first-order valence-corrected chi connectivity index (χ1v) is 10.3. The lowest BCUT2D eigenvalue weighted by atomic mass is 10.0. The molecule has 1 saturated carbocycles. The van der Waals surface area contributed by atoms with Crippen molar-refractivity contribution in [2.75, 3.05) is 25.1 Å². The van der Waals surface area contributed by atoms with Crippen LogP contribution in [0.5, 0.6) is 6.01 Å². The van der Waals surface area contributed by atoms with Crippen LogP contribution in [0, 0.1) is 17.8 Å². The summed E-state index contributed by atoms with van der Waals surface area (Å²) in [5.41, 5.74) is 1.15. The number of methoxy groups -OCH3 is 1. The van der Waals surface area contributed by atoms with Gasteiger partial charge in [0.2, 0.25) is 5.91 Å². The van der Waals surface area contributed by atoms with Gasteiger partial charge in [-0.1, -0.05) is 30.3 Å². The van der Waals surface area contributed by atoms with Gasteiger partial charge in [0.05, 0.1) is 13.2 Å². The predicted molar refractivity (Wildman–Crippen MR) is 110 cm³/mol. The van der Waals surface area contributed by atoms with Gasteiger partial charge >= 0.3 is 6.01 Å². The van der Waals surface area contributed by atoms with Gasteiger partial charge in [-0.3, -0.25) is 4.79 Å². The molecular weight excluding hydrogens is 366 g/mol. The van der Waals surface area contributed by atoms with E-state index in [1.807, 2.05) is 30.5 Å². The zero-order valence-electron chi connectivity index (χ0n) is 16.5. The predicted octanol–water partition coefficient (Wildman–Crippen LogP) is 2.91. The number of ether oxygens (including phenoxy) is 1. The molecule has 1 unspecified atom stereocenters. The van der Waals surface area contributed by atoms with Gasteiger partial charge in [0.1, 0.15) is 5.82 Å². The number of carbonyl (C=O) groups is 1. The summed E-state index contributed by atoms with van der Waals surface area (Å²) in [6, 6.07) is 12.6. The Morgan fingerprint density at radius 2 is 1.86 bits per heavy atom. The molecule has 2 aromatic rings. The quantitative estimate of drug-likeness (QED) is 0.801. The molecule has 0 N–H and O–H groups in total. The van der Waals surface area contributed by atoms with Crippen molar-refractivity contribution in [2.24, 2.45) is 22.9 Å². The van der Waals surface area contributed by atoms with Gasteiger partial charge in [-0.2, -0.15) is 10.1 Å². The molecule has 2 fully saturated rings. The second kappa shape index (κ2) is 7.46. The number of hydrazone groups is 1. The van der Waals surface area contributed by atoms with E-state index in [1.165, 1.54) is 0 Å². The maximum Gasteiger partial charge on any atom is 0.318 e. The van der Waals surface area contributed by atoms with Gasteiger partial charge in [-0.05, 0) is 36.3 Å². The van der Waals surface area contributed by atoms with E-state index < -0.39 is 0 Å². The van der Waals surface area contributed by atoms with Crippen LogP contribution >= 0.6 is 0 Å². The molecule has 3 aliphatic rings. The number of amides is 1. The van der Waals surface area contributed by atoms with Gasteiger partial charge < -0.3 is 9.64 Å². The minimum atomic E-state index is 0.0362. The van der Waals surface area contributed by atoms with E-state index in [0.29, 0.717) is 17.8 Å². The fraction of sp³-hybridized carbons (Fsp3) is 0.455. The molecule has 1 aromatic heterocycles. The summed E-state index contributed by atoms with van der Waals surface area (Å²) >= 11 is 0. The van der Waals surface area contributed by atoms with Crippen molar-refractivity contribution in [1.82, 2.24) is 15.0 Å². The van der Waals surface area contributed by atoms with Gasteiger partial charge in [0.15, 0.2) is 0 Å². The van der Waals surface area contributed by atoms with Crippen LogP contribution in [0.15, 0.2) is 47.7 Å². The van der Waals surface area contributed by atoms with Crippen LogP contribution in [0.4, 0.5) is 5.82 Å². The molecule has 3 heterocycles. The van der Waals surface area contributed by atoms with Crippen molar-refractivity contribution in [3.05, 3.63) is 48.2 Å². The number of aromatic nitrogens is 2. The van der Waals surface area contributed by atoms with E-state index in [9.17, 15) is 4.79 Å². The average molecular weight is 391 g/mol. The summed E-state index contributed by atoms with van der Waals surface area (Å²) in [5, 5.41) is 6.16.